The van der Waals surface area contributed by atoms with E-state index in [1.165, 1.54) is 5.56 Å². The monoisotopic (exact) mass is 241 g/mol. The van der Waals surface area contributed by atoms with Crippen LogP contribution in [-0.4, -0.2) is 0 Å². The lowest BCUT2D eigenvalue weighted by atomic mass is 10.1. The summed E-state index contributed by atoms with van der Waals surface area (Å²) in [6.07, 6.45) is 0. The minimum absolute atomic E-state index is 0.202. The van der Waals surface area contributed by atoms with Crippen molar-refractivity contribution in [2.45, 2.75) is 27.1 Å². The van der Waals surface area contributed by atoms with Gasteiger partial charge in [0.1, 0.15) is 19.0 Å². The number of hydrogen-bond donors (Lipinski definition) is 0. The van der Waals surface area contributed by atoms with Crippen LogP contribution in [0.1, 0.15) is 22.3 Å². The quantitative estimate of drug-likeness (QED) is 0.800. The van der Waals surface area contributed by atoms with E-state index in [2.05, 4.69) is 6.07 Å². The molecule has 0 atom stereocenters. The van der Waals surface area contributed by atoms with Crippen LogP contribution < -0.4 is 4.74 Å². The molecule has 0 saturated carbocycles. The van der Waals surface area contributed by atoms with Gasteiger partial charge in [-0.05, 0) is 42.2 Å². The van der Waals surface area contributed by atoms with Crippen LogP contribution in [0.2, 0.25) is 0 Å². The summed E-state index contributed by atoms with van der Waals surface area (Å²) < 4.78 is 5.81. The Bertz CT molecular complexity index is 532. The van der Waals surface area contributed by atoms with E-state index in [0.29, 0.717) is 6.61 Å². The third-order valence-corrected chi connectivity index (χ3v) is 3.00. The molecule has 0 amide bonds. The minimum atomic E-state index is -0.202. The highest BCUT2D eigenvalue weighted by Crippen LogP contribution is 2.21. The van der Waals surface area contributed by atoms with Crippen LogP contribution in [0, 0.1) is 13.8 Å². The Hall–Kier alpha value is -1.80. The van der Waals surface area contributed by atoms with Gasteiger partial charge in [-0.2, -0.15) is 0 Å². The number of rotatable bonds is 4. The molecule has 0 aromatic heterocycles. The van der Waals surface area contributed by atoms with Gasteiger partial charge in [0, 0.05) is 0 Å². The van der Waals surface area contributed by atoms with E-state index in [9.17, 15) is 5.11 Å². The van der Waals surface area contributed by atoms with Crippen LogP contribution in [0.3, 0.4) is 0 Å². The Morgan fingerprint density at radius 1 is 1.00 bits per heavy atom. The molecule has 0 unspecified atom stereocenters. The average Bonchev–Trinajstić information content (AvgIpc) is 2.40. The smallest absolute Gasteiger partial charge is 0.122 e. The molecule has 0 fully saturated rings. The van der Waals surface area contributed by atoms with Gasteiger partial charge < -0.3 is 4.74 Å². The summed E-state index contributed by atoms with van der Waals surface area (Å²) in [5, 5.41) is 11.0. The third kappa shape index (κ3) is 2.90. The first kappa shape index (κ1) is 12.7. The predicted octanol–water partition coefficient (Wildman–Crippen LogP) is 3.81. The minimum Gasteiger partial charge on any atom is -0.489 e. The van der Waals surface area contributed by atoms with Crippen molar-refractivity contribution in [1.82, 2.24) is 0 Å². The summed E-state index contributed by atoms with van der Waals surface area (Å²) in [7, 11) is 0. The molecule has 0 aliphatic heterocycles. The molecular formula is C16H17O2. The average molecular weight is 241 g/mol. The number of hydrogen-bond acceptors (Lipinski definition) is 1. The van der Waals surface area contributed by atoms with E-state index in [-0.39, 0.29) is 6.61 Å². The van der Waals surface area contributed by atoms with Crippen LogP contribution in [0.15, 0.2) is 42.5 Å². The van der Waals surface area contributed by atoms with Crippen molar-refractivity contribution in [1.29, 1.82) is 0 Å². The molecule has 0 saturated heterocycles. The van der Waals surface area contributed by atoms with Gasteiger partial charge in [-0.15, -0.1) is 0 Å². The standard InChI is InChI=1S/C16H17O2/c1-12-7-8-13(2)16(9-12)18-11-15-6-4-3-5-14(15)10-17/h3-9H,10-11H2,1-2H3. The summed E-state index contributed by atoms with van der Waals surface area (Å²) in [5.41, 5.74) is 4.06. The van der Waals surface area contributed by atoms with Crippen molar-refractivity contribution >= 4 is 0 Å². The van der Waals surface area contributed by atoms with Crippen molar-refractivity contribution in [3.8, 4) is 5.75 Å². The molecule has 0 spiro atoms. The van der Waals surface area contributed by atoms with Crippen LogP contribution >= 0.6 is 0 Å². The maximum absolute atomic E-state index is 11.0. The van der Waals surface area contributed by atoms with Crippen LogP contribution in [-0.2, 0) is 18.3 Å². The summed E-state index contributed by atoms with van der Waals surface area (Å²) >= 11 is 0. The van der Waals surface area contributed by atoms with E-state index in [1.807, 2.05) is 50.2 Å². The molecule has 0 heterocycles. The van der Waals surface area contributed by atoms with Crippen molar-refractivity contribution in [3.63, 3.8) is 0 Å². The maximum atomic E-state index is 11.0. The first-order chi connectivity index (χ1) is 8.70. The SMILES string of the molecule is Cc1ccc(C)c(OCc2ccccc2C[O])c1. The summed E-state index contributed by atoms with van der Waals surface area (Å²) in [6.45, 7) is 4.31. The molecule has 2 heteroatoms. The largest absolute Gasteiger partial charge is 0.489 e. The lowest BCUT2D eigenvalue weighted by Crippen LogP contribution is -2.01. The molecule has 2 rings (SSSR count). The molecule has 0 aliphatic rings. The molecule has 18 heavy (non-hydrogen) atoms. The molecular weight excluding hydrogens is 224 g/mol. The molecule has 0 bridgehead atoms. The van der Waals surface area contributed by atoms with Gasteiger partial charge in [-0.3, -0.25) is 0 Å². The Balaban J connectivity index is 2.14. The second kappa shape index (κ2) is 5.69. The van der Waals surface area contributed by atoms with Crippen molar-refractivity contribution in [3.05, 3.63) is 64.7 Å². The van der Waals surface area contributed by atoms with Crippen molar-refractivity contribution < 1.29 is 9.84 Å². The van der Waals surface area contributed by atoms with E-state index >= 15 is 0 Å². The van der Waals surface area contributed by atoms with Gasteiger partial charge >= 0.3 is 0 Å². The zero-order chi connectivity index (χ0) is 13.0. The Labute approximate surface area is 108 Å². The van der Waals surface area contributed by atoms with Crippen molar-refractivity contribution in [2.24, 2.45) is 0 Å². The van der Waals surface area contributed by atoms with Crippen LogP contribution in [0.4, 0.5) is 0 Å². The molecule has 0 N–H and O–H groups in total. The number of aryl methyl sites for hydroxylation is 2. The van der Waals surface area contributed by atoms with E-state index in [1.54, 1.807) is 0 Å². The molecule has 2 aromatic rings. The zero-order valence-corrected chi connectivity index (χ0v) is 10.8. The first-order valence-electron chi connectivity index (χ1n) is 6.05. The topological polar surface area (TPSA) is 29.1 Å². The van der Waals surface area contributed by atoms with E-state index in [0.717, 1.165) is 22.4 Å². The lowest BCUT2D eigenvalue weighted by Gasteiger charge is -2.11. The van der Waals surface area contributed by atoms with E-state index in [4.69, 9.17) is 4.74 Å². The highest BCUT2D eigenvalue weighted by atomic mass is 16.5. The maximum Gasteiger partial charge on any atom is 0.122 e. The molecule has 0 aliphatic carbocycles. The Morgan fingerprint density at radius 2 is 1.72 bits per heavy atom. The second-order valence-corrected chi connectivity index (χ2v) is 4.47. The van der Waals surface area contributed by atoms with Gasteiger partial charge in [0.15, 0.2) is 0 Å². The number of benzene rings is 2. The van der Waals surface area contributed by atoms with E-state index < -0.39 is 0 Å². The molecule has 2 nitrogen and oxygen atoms in total. The lowest BCUT2D eigenvalue weighted by molar-refractivity contribution is 0.174. The van der Waals surface area contributed by atoms with Crippen LogP contribution in [0.25, 0.3) is 0 Å². The Morgan fingerprint density at radius 3 is 2.44 bits per heavy atom. The van der Waals surface area contributed by atoms with Crippen molar-refractivity contribution in [2.75, 3.05) is 0 Å². The Kier molecular flexibility index (Phi) is 4.00. The van der Waals surface area contributed by atoms with Gasteiger partial charge in [-0.1, -0.05) is 36.4 Å². The summed E-state index contributed by atoms with van der Waals surface area (Å²) in [4.78, 5) is 0. The molecule has 1 radical (unpaired) electrons. The highest BCUT2D eigenvalue weighted by molar-refractivity contribution is 5.36. The molecule has 93 valence electrons. The van der Waals surface area contributed by atoms with Gasteiger partial charge in [0.05, 0.1) is 0 Å². The van der Waals surface area contributed by atoms with Gasteiger partial charge in [0.2, 0.25) is 0 Å². The zero-order valence-electron chi connectivity index (χ0n) is 10.8. The highest BCUT2D eigenvalue weighted by Gasteiger charge is 2.04. The number of ether oxygens (including phenoxy) is 1. The first-order valence-corrected chi connectivity index (χ1v) is 6.05. The predicted molar refractivity (Wildman–Crippen MR) is 71.1 cm³/mol. The fourth-order valence-corrected chi connectivity index (χ4v) is 1.86. The fourth-order valence-electron chi connectivity index (χ4n) is 1.86. The third-order valence-electron chi connectivity index (χ3n) is 3.00. The summed E-state index contributed by atoms with van der Waals surface area (Å²) in [5.74, 6) is 0.885. The normalized spacial score (nSPS) is 10.4. The summed E-state index contributed by atoms with van der Waals surface area (Å²) in [6, 6.07) is 13.7. The second-order valence-electron chi connectivity index (χ2n) is 4.47. The fraction of sp³-hybridized carbons (Fsp3) is 0.250. The molecule has 2 aromatic carbocycles. The van der Waals surface area contributed by atoms with Gasteiger partial charge in [-0.25, -0.2) is 5.11 Å². The van der Waals surface area contributed by atoms with Gasteiger partial charge in [0.25, 0.3) is 0 Å². The van der Waals surface area contributed by atoms with Crippen LogP contribution in [0.5, 0.6) is 5.75 Å².